The highest BCUT2D eigenvalue weighted by atomic mass is 35.5. The van der Waals surface area contributed by atoms with E-state index in [1.54, 1.807) is 18.1 Å². The molecule has 1 atom stereocenters. The van der Waals surface area contributed by atoms with E-state index in [2.05, 4.69) is 5.32 Å². The summed E-state index contributed by atoms with van der Waals surface area (Å²) in [4.78, 5) is 27.7. The van der Waals surface area contributed by atoms with Crippen LogP contribution in [0.3, 0.4) is 0 Å². The van der Waals surface area contributed by atoms with Crippen LogP contribution in [0, 0.1) is 0 Å². The van der Waals surface area contributed by atoms with E-state index in [0.717, 1.165) is 17.5 Å². The lowest BCUT2D eigenvalue weighted by molar-refractivity contribution is -0.139. The van der Waals surface area contributed by atoms with E-state index in [9.17, 15) is 9.59 Å². The summed E-state index contributed by atoms with van der Waals surface area (Å²) in [5.41, 5.74) is 1.90. The molecule has 2 aromatic carbocycles. The molecule has 0 aliphatic carbocycles. The second-order valence-corrected chi connectivity index (χ2v) is 9.13. The molecule has 2 aromatic rings. The molecule has 0 aliphatic heterocycles. The Morgan fingerprint density at radius 1 is 1.09 bits per heavy atom. The van der Waals surface area contributed by atoms with Crippen LogP contribution in [0.15, 0.2) is 42.5 Å². The van der Waals surface area contributed by atoms with Gasteiger partial charge in [-0.25, -0.2) is 0 Å². The van der Waals surface area contributed by atoms with Gasteiger partial charge < -0.3 is 15.0 Å². The minimum Gasteiger partial charge on any atom is -0.497 e. The zero-order valence-corrected chi connectivity index (χ0v) is 21.0. The molecule has 0 bridgehead atoms. The summed E-state index contributed by atoms with van der Waals surface area (Å²) in [7, 11) is 1.61. The smallest absolute Gasteiger partial charge is 0.242 e. The van der Waals surface area contributed by atoms with Gasteiger partial charge in [0.15, 0.2) is 0 Å². The zero-order valence-electron chi connectivity index (χ0n) is 18.7. The number of carbonyl (C=O) groups is 2. The summed E-state index contributed by atoms with van der Waals surface area (Å²) >= 11 is 13.5. The first-order valence-electron chi connectivity index (χ1n) is 10.6. The molecule has 2 rings (SSSR count). The number of halogens is 2. The number of hydrogen-bond acceptors (Lipinski definition) is 4. The molecule has 0 saturated carbocycles. The number of ether oxygens (including phenoxy) is 1. The van der Waals surface area contributed by atoms with Crippen molar-refractivity contribution in [2.24, 2.45) is 0 Å². The normalized spacial score (nSPS) is 11.7. The molecule has 1 N–H and O–H groups in total. The molecule has 32 heavy (non-hydrogen) atoms. The topological polar surface area (TPSA) is 58.6 Å². The number of nitrogens with zero attached hydrogens (tertiary/aromatic N) is 1. The van der Waals surface area contributed by atoms with Crippen LogP contribution in [-0.4, -0.2) is 42.2 Å². The van der Waals surface area contributed by atoms with Gasteiger partial charge in [-0.1, -0.05) is 55.2 Å². The van der Waals surface area contributed by atoms with E-state index in [4.69, 9.17) is 27.9 Å². The minimum absolute atomic E-state index is 0.0867. The van der Waals surface area contributed by atoms with E-state index < -0.39 is 6.04 Å². The van der Waals surface area contributed by atoms with Crippen molar-refractivity contribution in [3.63, 3.8) is 0 Å². The molecule has 0 fully saturated rings. The molecule has 5 nitrogen and oxygen atoms in total. The molecule has 0 aromatic heterocycles. The first-order chi connectivity index (χ1) is 15.4. The molecule has 174 valence electrons. The number of amides is 2. The van der Waals surface area contributed by atoms with Crippen LogP contribution in [0.2, 0.25) is 10.0 Å². The molecular weight excluding hydrogens is 467 g/mol. The van der Waals surface area contributed by atoms with E-state index >= 15 is 0 Å². The predicted octanol–water partition coefficient (Wildman–Crippen LogP) is 5.57. The minimum atomic E-state index is -0.536. The monoisotopic (exact) mass is 496 g/mol. The first kappa shape index (κ1) is 26.4. The van der Waals surface area contributed by atoms with Crippen LogP contribution in [-0.2, 0) is 21.9 Å². The summed E-state index contributed by atoms with van der Waals surface area (Å²) < 4.78 is 5.31. The van der Waals surface area contributed by atoms with Gasteiger partial charge in [0.05, 0.1) is 22.9 Å². The average molecular weight is 497 g/mol. The second kappa shape index (κ2) is 13.6. The summed E-state index contributed by atoms with van der Waals surface area (Å²) in [6.07, 6.45) is 1.37. The summed E-state index contributed by atoms with van der Waals surface area (Å²) in [5, 5.41) is 3.93. The van der Waals surface area contributed by atoms with Gasteiger partial charge in [0.25, 0.3) is 0 Å². The zero-order chi connectivity index (χ0) is 23.5. The molecule has 0 radical (unpaired) electrons. The summed E-state index contributed by atoms with van der Waals surface area (Å²) in [5.74, 6) is 1.37. The number of benzene rings is 2. The van der Waals surface area contributed by atoms with Gasteiger partial charge >= 0.3 is 0 Å². The third kappa shape index (κ3) is 7.91. The van der Waals surface area contributed by atoms with Crippen LogP contribution < -0.4 is 10.1 Å². The Labute approximate surface area is 204 Å². The Morgan fingerprint density at radius 3 is 2.53 bits per heavy atom. The maximum atomic E-state index is 13.2. The van der Waals surface area contributed by atoms with Gasteiger partial charge in [-0.2, -0.15) is 0 Å². The van der Waals surface area contributed by atoms with Crippen molar-refractivity contribution in [1.82, 2.24) is 10.2 Å². The Kier molecular flexibility index (Phi) is 11.2. The predicted molar refractivity (Wildman–Crippen MR) is 134 cm³/mol. The first-order valence-corrected chi connectivity index (χ1v) is 12.5. The van der Waals surface area contributed by atoms with Crippen LogP contribution in [0.5, 0.6) is 5.75 Å². The van der Waals surface area contributed by atoms with Crippen molar-refractivity contribution in [1.29, 1.82) is 0 Å². The maximum absolute atomic E-state index is 13.2. The van der Waals surface area contributed by atoms with Gasteiger partial charge in [-0.15, -0.1) is 11.8 Å². The molecule has 8 heteroatoms. The van der Waals surface area contributed by atoms with Crippen molar-refractivity contribution in [2.75, 3.05) is 19.4 Å². The van der Waals surface area contributed by atoms with Crippen molar-refractivity contribution < 1.29 is 14.3 Å². The van der Waals surface area contributed by atoms with Gasteiger partial charge in [-0.05, 0) is 48.2 Å². The highest BCUT2D eigenvalue weighted by molar-refractivity contribution is 7.99. The number of hydrogen-bond donors (Lipinski definition) is 1. The van der Waals surface area contributed by atoms with Crippen molar-refractivity contribution >= 4 is 46.8 Å². The van der Waals surface area contributed by atoms with Gasteiger partial charge in [0, 0.05) is 18.8 Å². The standard InChI is InChI=1S/C24H30Cl2N2O3S/c1-4-11-27-24(30)22(5-2)28(14-17-7-6-8-19(12-17)31-3)23(29)16-32-15-18-9-10-20(25)21(26)13-18/h6-10,12-13,22H,4-5,11,14-16H2,1-3H3,(H,27,30)/t22-/m0/s1. The number of thioether (sulfide) groups is 1. The van der Waals surface area contributed by atoms with E-state index in [1.807, 2.05) is 50.2 Å². The molecule has 0 heterocycles. The van der Waals surface area contributed by atoms with Crippen molar-refractivity contribution in [3.8, 4) is 5.75 Å². The molecule has 2 amide bonds. The fourth-order valence-corrected chi connectivity index (χ4v) is 4.40. The maximum Gasteiger partial charge on any atom is 0.242 e. The number of rotatable bonds is 12. The summed E-state index contributed by atoms with van der Waals surface area (Å²) in [6.45, 7) is 4.84. The fraction of sp³-hybridized carbons (Fsp3) is 0.417. The van der Waals surface area contributed by atoms with Gasteiger partial charge in [0.1, 0.15) is 11.8 Å². The lowest BCUT2D eigenvalue weighted by Gasteiger charge is -2.30. The van der Waals surface area contributed by atoms with Gasteiger partial charge in [0.2, 0.25) is 11.8 Å². The number of carbonyl (C=O) groups excluding carboxylic acids is 2. The fourth-order valence-electron chi connectivity index (χ4n) is 3.22. The third-order valence-electron chi connectivity index (χ3n) is 4.90. The Hall–Kier alpha value is -1.89. The Balaban J connectivity index is 2.14. The average Bonchev–Trinajstić information content (AvgIpc) is 2.79. The molecule has 0 unspecified atom stereocenters. The Bertz CT molecular complexity index is 911. The second-order valence-electron chi connectivity index (χ2n) is 7.33. The lowest BCUT2D eigenvalue weighted by atomic mass is 10.1. The summed E-state index contributed by atoms with van der Waals surface area (Å²) in [6, 6.07) is 12.5. The van der Waals surface area contributed by atoms with Crippen LogP contribution in [0.1, 0.15) is 37.8 Å². The van der Waals surface area contributed by atoms with E-state index in [1.165, 1.54) is 11.8 Å². The highest BCUT2D eigenvalue weighted by Crippen LogP contribution is 2.25. The van der Waals surface area contributed by atoms with E-state index in [0.29, 0.717) is 41.1 Å². The molecule has 0 aliphatic rings. The number of methoxy groups -OCH3 is 1. The lowest BCUT2D eigenvalue weighted by Crippen LogP contribution is -2.49. The Morgan fingerprint density at radius 2 is 1.88 bits per heavy atom. The van der Waals surface area contributed by atoms with Crippen LogP contribution in [0.25, 0.3) is 0 Å². The molecular formula is C24H30Cl2N2O3S. The SMILES string of the molecule is CCCNC(=O)[C@H](CC)N(Cc1cccc(OC)c1)C(=O)CSCc1ccc(Cl)c(Cl)c1. The third-order valence-corrected chi connectivity index (χ3v) is 6.63. The quantitative estimate of drug-likeness (QED) is 0.417. The van der Waals surface area contributed by atoms with Crippen LogP contribution >= 0.6 is 35.0 Å². The van der Waals surface area contributed by atoms with Crippen LogP contribution in [0.4, 0.5) is 0 Å². The molecule has 0 saturated heterocycles. The highest BCUT2D eigenvalue weighted by Gasteiger charge is 2.28. The van der Waals surface area contributed by atoms with Gasteiger partial charge in [-0.3, -0.25) is 9.59 Å². The number of nitrogens with one attached hydrogen (secondary N) is 1. The van der Waals surface area contributed by atoms with Crippen molar-refractivity contribution in [3.05, 3.63) is 63.6 Å². The molecule has 0 spiro atoms. The van der Waals surface area contributed by atoms with E-state index in [-0.39, 0.29) is 17.6 Å². The van der Waals surface area contributed by atoms with Crippen molar-refractivity contribution in [2.45, 2.75) is 45.0 Å². The largest absolute Gasteiger partial charge is 0.497 e.